The van der Waals surface area contributed by atoms with Crippen molar-refractivity contribution < 1.29 is 14.3 Å². The Morgan fingerprint density at radius 1 is 1.55 bits per heavy atom. The summed E-state index contributed by atoms with van der Waals surface area (Å²) in [5, 5.41) is 0. The molecule has 0 amide bonds. The smallest absolute Gasteiger partial charge is 0.349 e. The molecular weight excluding hydrogens is 369 g/mol. The lowest BCUT2D eigenvalue weighted by Crippen LogP contribution is -2.35. The third-order valence-corrected chi connectivity index (χ3v) is 5.07. The SMILES string of the molecule is CCC1CC12N=C(c1ccccc1I)OC2C(=O)OC. The minimum Gasteiger partial charge on any atom is -0.466 e. The molecule has 106 valence electrons. The molecule has 0 N–H and O–H groups in total. The number of esters is 1. The molecule has 2 aliphatic rings. The summed E-state index contributed by atoms with van der Waals surface area (Å²) in [7, 11) is 1.40. The number of aliphatic imine (C=N–C) groups is 1. The van der Waals surface area contributed by atoms with Crippen LogP contribution in [-0.4, -0.2) is 30.6 Å². The van der Waals surface area contributed by atoms with Crippen molar-refractivity contribution in [1.82, 2.24) is 0 Å². The maximum absolute atomic E-state index is 12.0. The molecule has 1 aliphatic heterocycles. The van der Waals surface area contributed by atoms with Gasteiger partial charge in [-0.1, -0.05) is 25.5 Å². The number of hydrogen-bond acceptors (Lipinski definition) is 4. The summed E-state index contributed by atoms with van der Waals surface area (Å²) in [5.41, 5.74) is 0.552. The van der Waals surface area contributed by atoms with Crippen LogP contribution in [0.3, 0.4) is 0 Å². The molecule has 0 radical (unpaired) electrons. The largest absolute Gasteiger partial charge is 0.466 e. The second-order valence-electron chi connectivity index (χ2n) is 5.22. The van der Waals surface area contributed by atoms with Crippen LogP contribution in [0.2, 0.25) is 0 Å². The number of rotatable bonds is 3. The van der Waals surface area contributed by atoms with Crippen molar-refractivity contribution >= 4 is 34.5 Å². The van der Waals surface area contributed by atoms with Gasteiger partial charge in [-0.2, -0.15) is 0 Å². The molecule has 1 saturated carbocycles. The first-order valence-electron chi connectivity index (χ1n) is 6.71. The van der Waals surface area contributed by atoms with Crippen LogP contribution in [0.4, 0.5) is 0 Å². The van der Waals surface area contributed by atoms with Crippen LogP contribution in [0.15, 0.2) is 29.3 Å². The van der Waals surface area contributed by atoms with E-state index in [0.717, 1.165) is 22.0 Å². The van der Waals surface area contributed by atoms with Crippen molar-refractivity contribution in [2.75, 3.05) is 7.11 Å². The highest BCUT2D eigenvalue weighted by Gasteiger charge is 2.66. The van der Waals surface area contributed by atoms with E-state index in [1.54, 1.807) is 0 Å². The van der Waals surface area contributed by atoms with E-state index < -0.39 is 11.6 Å². The molecule has 1 heterocycles. The second-order valence-corrected chi connectivity index (χ2v) is 6.38. The Hall–Kier alpha value is -1.11. The van der Waals surface area contributed by atoms with Gasteiger partial charge in [-0.15, -0.1) is 0 Å². The van der Waals surface area contributed by atoms with Crippen LogP contribution in [0, 0.1) is 9.49 Å². The maximum Gasteiger partial charge on any atom is 0.349 e. The molecular formula is C15H16INO3. The van der Waals surface area contributed by atoms with Crippen molar-refractivity contribution in [3.05, 3.63) is 33.4 Å². The van der Waals surface area contributed by atoms with Crippen molar-refractivity contribution in [1.29, 1.82) is 0 Å². The summed E-state index contributed by atoms with van der Waals surface area (Å²) in [6, 6.07) is 7.90. The van der Waals surface area contributed by atoms with E-state index in [-0.39, 0.29) is 5.97 Å². The van der Waals surface area contributed by atoms with E-state index in [9.17, 15) is 4.79 Å². The van der Waals surface area contributed by atoms with Crippen LogP contribution < -0.4 is 0 Å². The van der Waals surface area contributed by atoms with Gasteiger partial charge in [0.2, 0.25) is 12.0 Å². The molecule has 0 aromatic heterocycles. The van der Waals surface area contributed by atoms with E-state index in [4.69, 9.17) is 14.5 Å². The molecule has 1 spiro atoms. The zero-order valence-electron chi connectivity index (χ0n) is 11.4. The van der Waals surface area contributed by atoms with E-state index >= 15 is 0 Å². The minimum absolute atomic E-state index is 0.328. The second kappa shape index (κ2) is 5.02. The summed E-state index contributed by atoms with van der Waals surface area (Å²) in [6.07, 6.45) is 1.30. The van der Waals surface area contributed by atoms with Gasteiger partial charge in [0.15, 0.2) is 0 Å². The van der Waals surface area contributed by atoms with Gasteiger partial charge in [-0.25, -0.2) is 9.79 Å². The number of ether oxygens (including phenoxy) is 2. The summed E-state index contributed by atoms with van der Waals surface area (Å²) >= 11 is 2.25. The number of methoxy groups -OCH3 is 1. The van der Waals surface area contributed by atoms with Gasteiger partial charge in [0.1, 0.15) is 5.54 Å². The number of halogens is 1. The fraction of sp³-hybridized carbons (Fsp3) is 0.467. The molecule has 3 unspecified atom stereocenters. The highest BCUT2D eigenvalue weighted by molar-refractivity contribution is 14.1. The van der Waals surface area contributed by atoms with Gasteiger partial charge in [0.25, 0.3) is 0 Å². The summed E-state index contributed by atoms with van der Waals surface area (Å²) in [6.45, 7) is 2.12. The quantitative estimate of drug-likeness (QED) is 0.594. The number of hydrogen-bond donors (Lipinski definition) is 0. The average Bonchev–Trinajstić information content (AvgIpc) is 3.03. The molecule has 3 rings (SSSR count). The van der Waals surface area contributed by atoms with Gasteiger partial charge < -0.3 is 9.47 Å². The lowest BCUT2D eigenvalue weighted by Gasteiger charge is -2.15. The lowest BCUT2D eigenvalue weighted by atomic mass is 10.1. The monoisotopic (exact) mass is 385 g/mol. The number of nitrogens with zero attached hydrogens (tertiary/aromatic N) is 1. The highest BCUT2D eigenvalue weighted by Crippen LogP contribution is 2.55. The first kappa shape index (κ1) is 13.9. The standard InChI is InChI=1S/C15H16INO3/c1-3-9-8-15(9)12(14(18)19-2)20-13(17-15)10-6-4-5-7-11(10)16/h4-7,9,12H,3,8H2,1-2H3. The Balaban J connectivity index is 1.96. The van der Waals surface area contributed by atoms with E-state index in [0.29, 0.717) is 11.8 Å². The zero-order valence-corrected chi connectivity index (χ0v) is 13.6. The average molecular weight is 385 g/mol. The topological polar surface area (TPSA) is 47.9 Å². The van der Waals surface area contributed by atoms with Crippen molar-refractivity contribution in [2.45, 2.75) is 31.4 Å². The molecule has 1 aromatic carbocycles. The van der Waals surface area contributed by atoms with E-state index in [2.05, 4.69) is 29.5 Å². The van der Waals surface area contributed by atoms with Gasteiger partial charge in [0, 0.05) is 9.13 Å². The Morgan fingerprint density at radius 3 is 2.90 bits per heavy atom. The molecule has 4 nitrogen and oxygen atoms in total. The lowest BCUT2D eigenvalue weighted by molar-refractivity contribution is -0.150. The predicted octanol–water partition coefficient (Wildman–Crippen LogP) is 2.78. The minimum atomic E-state index is -0.594. The molecule has 1 fully saturated rings. The van der Waals surface area contributed by atoms with Crippen LogP contribution in [0.5, 0.6) is 0 Å². The summed E-state index contributed by atoms with van der Waals surface area (Å²) < 4.78 is 11.8. The van der Waals surface area contributed by atoms with Gasteiger partial charge in [0.05, 0.1) is 7.11 Å². The summed E-state index contributed by atoms with van der Waals surface area (Å²) in [4.78, 5) is 16.7. The fourth-order valence-electron chi connectivity index (χ4n) is 2.90. The summed E-state index contributed by atoms with van der Waals surface area (Å²) in [5.74, 6) is 0.650. The fourth-order valence-corrected chi connectivity index (χ4v) is 3.52. The molecule has 5 heteroatoms. The molecule has 1 aromatic rings. The predicted molar refractivity (Wildman–Crippen MR) is 83.7 cm³/mol. The molecule has 20 heavy (non-hydrogen) atoms. The van der Waals surface area contributed by atoms with Crippen molar-refractivity contribution in [3.63, 3.8) is 0 Å². The molecule has 3 atom stereocenters. The third-order valence-electron chi connectivity index (χ3n) is 4.13. The maximum atomic E-state index is 12.0. The van der Waals surface area contributed by atoms with Crippen LogP contribution >= 0.6 is 22.6 Å². The van der Waals surface area contributed by atoms with Crippen LogP contribution in [-0.2, 0) is 14.3 Å². The van der Waals surface area contributed by atoms with E-state index in [1.165, 1.54) is 7.11 Å². The van der Waals surface area contributed by atoms with Gasteiger partial charge >= 0.3 is 5.97 Å². The van der Waals surface area contributed by atoms with E-state index in [1.807, 2.05) is 24.3 Å². The Bertz CT molecular complexity index is 586. The van der Waals surface area contributed by atoms with Crippen molar-refractivity contribution in [3.8, 4) is 0 Å². The zero-order chi connectivity index (χ0) is 14.3. The van der Waals surface area contributed by atoms with Crippen LogP contribution in [0.25, 0.3) is 0 Å². The number of benzene rings is 1. The van der Waals surface area contributed by atoms with Gasteiger partial charge in [-0.3, -0.25) is 0 Å². The molecule has 0 saturated heterocycles. The Labute approximate surface area is 131 Å². The first-order valence-corrected chi connectivity index (χ1v) is 7.79. The molecule has 1 aliphatic carbocycles. The van der Waals surface area contributed by atoms with Crippen LogP contribution in [0.1, 0.15) is 25.3 Å². The Morgan fingerprint density at radius 2 is 2.30 bits per heavy atom. The van der Waals surface area contributed by atoms with Crippen molar-refractivity contribution in [2.24, 2.45) is 10.9 Å². The number of carbonyl (C=O) groups is 1. The highest BCUT2D eigenvalue weighted by atomic mass is 127. The third kappa shape index (κ3) is 2.03. The Kier molecular flexibility index (Phi) is 3.48. The number of carbonyl (C=O) groups excluding carboxylic acids is 1. The molecule has 0 bridgehead atoms. The normalized spacial score (nSPS) is 30.9. The first-order chi connectivity index (χ1) is 9.62. The van der Waals surface area contributed by atoms with Gasteiger partial charge in [-0.05, 0) is 47.1 Å².